The van der Waals surface area contributed by atoms with Crippen LogP contribution in [-0.2, 0) is 11.3 Å². The summed E-state index contributed by atoms with van der Waals surface area (Å²) in [4.78, 5) is 54.3. The number of rotatable bonds is 6. The number of ether oxygens (including phenoxy) is 1. The minimum Gasteiger partial charge on any atom is -0.495 e. The molecule has 2 aliphatic heterocycles. The minimum atomic E-state index is -0.451. The Morgan fingerprint density at radius 1 is 1.00 bits per heavy atom. The van der Waals surface area contributed by atoms with Crippen molar-refractivity contribution in [2.45, 2.75) is 19.4 Å². The summed E-state index contributed by atoms with van der Waals surface area (Å²) in [6.07, 6.45) is 2.52. The number of amides is 4. The number of benzene rings is 2. The van der Waals surface area contributed by atoms with Gasteiger partial charge in [-0.05, 0) is 55.3 Å². The van der Waals surface area contributed by atoms with Crippen molar-refractivity contribution in [1.82, 2.24) is 9.80 Å². The number of piperidine rings is 1. The maximum Gasteiger partial charge on any atom is 0.261 e. The van der Waals surface area contributed by atoms with Gasteiger partial charge in [-0.25, -0.2) is 0 Å². The van der Waals surface area contributed by atoms with Crippen LogP contribution >= 0.6 is 0 Å². The number of imide groups is 1. The molecule has 0 saturated carbocycles. The van der Waals surface area contributed by atoms with Gasteiger partial charge in [-0.2, -0.15) is 0 Å². The van der Waals surface area contributed by atoms with Crippen LogP contribution in [0.1, 0.15) is 49.7 Å². The Labute approximate surface area is 207 Å². The third-order valence-electron chi connectivity index (χ3n) is 6.63. The zero-order valence-electron chi connectivity index (χ0n) is 19.7. The molecule has 5 rings (SSSR count). The van der Waals surface area contributed by atoms with Gasteiger partial charge in [0.15, 0.2) is 0 Å². The van der Waals surface area contributed by atoms with Gasteiger partial charge in [0.25, 0.3) is 17.7 Å². The molecule has 0 bridgehead atoms. The number of anilines is 1. The van der Waals surface area contributed by atoms with Crippen molar-refractivity contribution in [2.24, 2.45) is 5.92 Å². The van der Waals surface area contributed by atoms with E-state index in [9.17, 15) is 19.2 Å². The van der Waals surface area contributed by atoms with Crippen LogP contribution in [0.25, 0.3) is 0 Å². The van der Waals surface area contributed by atoms with E-state index in [0.717, 1.165) is 4.90 Å². The Bertz CT molecular complexity index is 1330. The average Bonchev–Trinajstić information content (AvgIpc) is 3.51. The lowest BCUT2D eigenvalue weighted by molar-refractivity contribution is -0.121. The van der Waals surface area contributed by atoms with Crippen LogP contribution in [0.4, 0.5) is 5.69 Å². The number of hydrogen-bond donors (Lipinski definition) is 1. The lowest BCUT2D eigenvalue weighted by Gasteiger charge is -2.31. The Kier molecular flexibility index (Phi) is 6.28. The van der Waals surface area contributed by atoms with Gasteiger partial charge in [0.05, 0.1) is 36.7 Å². The van der Waals surface area contributed by atoms with Crippen LogP contribution in [-0.4, -0.2) is 53.6 Å². The smallest absolute Gasteiger partial charge is 0.261 e. The molecule has 9 nitrogen and oxygen atoms in total. The predicted molar refractivity (Wildman–Crippen MR) is 130 cm³/mol. The molecule has 1 fully saturated rings. The molecule has 1 aromatic heterocycles. The fourth-order valence-corrected chi connectivity index (χ4v) is 4.64. The molecule has 1 saturated heterocycles. The molecule has 9 heteroatoms. The number of furan rings is 1. The summed E-state index contributed by atoms with van der Waals surface area (Å²) < 4.78 is 10.5. The zero-order chi connectivity index (χ0) is 25.2. The minimum absolute atomic E-state index is 0.0348. The zero-order valence-corrected chi connectivity index (χ0v) is 19.7. The fraction of sp³-hybridized carbons (Fsp3) is 0.259. The first-order valence-corrected chi connectivity index (χ1v) is 11.7. The highest BCUT2D eigenvalue weighted by atomic mass is 16.5. The summed E-state index contributed by atoms with van der Waals surface area (Å²) in [5.41, 5.74) is 1.44. The van der Waals surface area contributed by atoms with Crippen LogP contribution in [0.5, 0.6) is 5.75 Å². The van der Waals surface area contributed by atoms with Crippen LogP contribution in [0.15, 0.2) is 65.3 Å². The second-order valence-electron chi connectivity index (χ2n) is 8.79. The lowest BCUT2D eigenvalue weighted by atomic mass is 9.95. The van der Waals surface area contributed by atoms with E-state index in [4.69, 9.17) is 9.15 Å². The predicted octanol–water partition coefficient (Wildman–Crippen LogP) is 3.58. The average molecular weight is 488 g/mol. The molecule has 1 N–H and O–H groups in total. The van der Waals surface area contributed by atoms with Crippen molar-refractivity contribution in [2.75, 3.05) is 25.5 Å². The highest BCUT2D eigenvalue weighted by Gasteiger charge is 2.37. The van der Waals surface area contributed by atoms with E-state index in [-0.39, 0.29) is 35.4 Å². The first kappa shape index (κ1) is 23.3. The maximum atomic E-state index is 13.2. The number of methoxy groups -OCH3 is 1. The number of nitrogens with one attached hydrogen (secondary N) is 1. The van der Waals surface area contributed by atoms with E-state index in [0.29, 0.717) is 48.7 Å². The molecular weight excluding hydrogens is 462 g/mol. The Morgan fingerprint density at radius 3 is 2.47 bits per heavy atom. The van der Waals surface area contributed by atoms with Gasteiger partial charge < -0.3 is 19.4 Å². The molecule has 184 valence electrons. The molecule has 4 amide bonds. The number of carbonyl (C=O) groups excluding carboxylic acids is 4. The third kappa shape index (κ3) is 4.35. The molecule has 36 heavy (non-hydrogen) atoms. The number of likely N-dealkylation sites (tertiary alicyclic amines) is 1. The van der Waals surface area contributed by atoms with Gasteiger partial charge in [0, 0.05) is 24.6 Å². The third-order valence-corrected chi connectivity index (χ3v) is 6.63. The first-order chi connectivity index (χ1) is 17.5. The van der Waals surface area contributed by atoms with Crippen LogP contribution in [0.2, 0.25) is 0 Å². The van der Waals surface area contributed by atoms with Crippen molar-refractivity contribution >= 4 is 29.3 Å². The summed E-state index contributed by atoms with van der Waals surface area (Å²) in [7, 11) is 1.55. The van der Waals surface area contributed by atoms with E-state index in [2.05, 4.69) is 5.32 Å². The summed E-state index contributed by atoms with van der Waals surface area (Å²) in [5, 5.41) is 2.92. The molecular formula is C27H25N3O6. The van der Waals surface area contributed by atoms with Crippen molar-refractivity contribution in [3.8, 4) is 5.75 Å². The summed E-state index contributed by atoms with van der Waals surface area (Å²) in [6, 6.07) is 15.2. The standard InChI is InChI=1S/C27H25N3O6/c1-35-23-7-3-2-6-22(23)28-24(31)17-10-12-29(13-11-17)25(32)18-8-9-20-21(15-18)27(34)30(26(20)33)16-19-5-4-14-36-19/h2-9,14-15,17H,10-13,16H2,1H3,(H,28,31). The lowest BCUT2D eigenvalue weighted by Crippen LogP contribution is -2.41. The van der Waals surface area contributed by atoms with Crippen LogP contribution < -0.4 is 10.1 Å². The van der Waals surface area contributed by atoms with Crippen LogP contribution in [0, 0.1) is 5.92 Å². The second-order valence-corrected chi connectivity index (χ2v) is 8.79. The van der Waals surface area contributed by atoms with Gasteiger partial charge in [-0.3, -0.25) is 24.1 Å². The van der Waals surface area contributed by atoms with Gasteiger partial charge >= 0.3 is 0 Å². The van der Waals surface area contributed by atoms with E-state index in [1.54, 1.807) is 42.3 Å². The van der Waals surface area contributed by atoms with Crippen molar-refractivity contribution < 1.29 is 28.3 Å². The highest BCUT2D eigenvalue weighted by molar-refractivity contribution is 6.22. The first-order valence-electron chi connectivity index (χ1n) is 11.7. The van der Waals surface area contributed by atoms with E-state index >= 15 is 0 Å². The fourth-order valence-electron chi connectivity index (χ4n) is 4.64. The van der Waals surface area contributed by atoms with Crippen molar-refractivity contribution in [3.63, 3.8) is 0 Å². The number of fused-ring (bicyclic) bond motifs is 1. The summed E-state index contributed by atoms with van der Waals surface area (Å²) in [5.74, 6) is -0.339. The highest BCUT2D eigenvalue weighted by Crippen LogP contribution is 2.28. The van der Waals surface area contributed by atoms with E-state index in [1.807, 2.05) is 12.1 Å². The van der Waals surface area contributed by atoms with Gasteiger partial charge in [-0.15, -0.1) is 0 Å². The number of carbonyl (C=O) groups is 4. The maximum absolute atomic E-state index is 13.2. The molecule has 0 unspecified atom stereocenters. The molecule has 0 spiro atoms. The van der Waals surface area contributed by atoms with E-state index < -0.39 is 11.8 Å². The van der Waals surface area contributed by atoms with Gasteiger partial charge in [0.2, 0.25) is 5.91 Å². The number of hydrogen-bond acceptors (Lipinski definition) is 6. The SMILES string of the molecule is COc1ccccc1NC(=O)C1CCN(C(=O)c2ccc3c(c2)C(=O)N(Cc2ccco2)C3=O)CC1. The Balaban J connectivity index is 1.22. The van der Waals surface area contributed by atoms with Crippen molar-refractivity contribution in [1.29, 1.82) is 0 Å². The normalized spacial score (nSPS) is 15.7. The van der Waals surface area contributed by atoms with Gasteiger partial charge in [-0.1, -0.05) is 12.1 Å². The molecule has 3 aromatic rings. The summed E-state index contributed by atoms with van der Waals surface area (Å²) in [6.45, 7) is 0.863. The Hall–Kier alpha value is -4.40. The monoisotopic (exact) mass is 487 g/mol. The molecule has 2 aliphatic rings. The Morgan fingerprint density at radius 2 is 1.75 bits per heavy atom. The summed E-state index contributed by atoms with van der Waals surface area (Å²) >= 11 is 0. The molecule has 3 heterocycles. The second kappa shape index (κ2) is 9.69. The molecule has 2 aromatic carbocycles. The van der Waals surface area contributed by atoms with Crippen LogP contribution in [0.3, 0.4) is 0 Å². The largest absolute Gasteiger partial charge is 0.495 e. The van der Waals surface area contributed by atoms with Gasteiger partial charge in [0.1, 0.15) is 11.5 Å². The molecule has 0 atom stereocenters. The van der Waals surface area contributed by atoms with E-state index in [1.165, 1.54) is 18.4 Å². The number of para-hydroxylation sites is 2. The quantitative estimate of drug-likeness (QED) is 0.533. The molecule has 0 aliphatic carbocycles. The number of nitrogens with zero attached hydrogens (tertiary/aromatic N) is 2. The molecule has 0 radical (unpaired) electrons. The topological polar surface area (TPSA) is 109 Å². The van der Waals surface area contributed by atoms with Crippen molar-refractivity contribution in [3.05, 3.63) is 83.3 Å².